The summed E-state index contributed by atoms with van der Waals surface area (Å²) in [6.45, 7) is 1.72. The van der Waals surface area contributed by atoms with Crippen molar-refractivity contribution in [1.82, 2.24) is 10.1 Å². The number of carbonyl (C=O) groups excluding carboxylic acids is 1. The van der Waals surface area contributed by atoms with Crippen LogP contribution in [0.5, 0.6) is 0 Å². The Labute approximate surface area is 152 Å². The van der Waals surface area contributed by atoms with Crippen LogP contribution in [0.15, 0.2) is 33.6 Å². The molecule has 0 bridgehead atoms. The predicted octanol–water partition coefficient (Wildman–Crippen LogP) is 3.98. The van der Waals surface area contributed by atoms with Gasteiger partial charge >= 0.3 is 12.3 Å². The highest BCUT2D eigenvalue weighted by Gasteiger charge is 2.37. The van der Waals surface area contributed by atoms with Crippen LogP contribution in [0.3, 0.4) is 0 Å². The molecule has 9 heteroatoms. The van der Waals surface area contributed by atoms with E-state index in [-0.39, 0.29) is 17.0 Å². The van der Waals surface area contributed by atoms with E-state index in [2.05, 4.69) is 5.16 Å². The highest BCUT2D eigenvalue weighted by Crippen LogP contribution is 2.41. The van der Waals surface area contributed by atoms with E-state index in [0.29, 0.717) is 30.7 Å². The van der Waals surface area contributed by atoms with Gasteiger partial charge in [0.1, 0.15) is 5.76 Å². The van der Waals surface area contributed by atoms with Crippen molar-refractivity contribution in [1.29, 1.82) is 0 Å². The number of hydrogen-bond acceptors (Lipinski definition) is 4. The Morgan fingerprint density at radius 3 is 2.63 bits per heavy atom. The molecule has 1 aliphatic heterocycles. The van der Waals surface area contributed by atoms with Crippen LogP contribution in [0.2, 0.25) is 0 Å². The number of piperidine rings is 1. The van der Waals surface area contributed by atoms with E-state index in [1.54, 1.807) is 0 Å². The topological polar surface area (TPSA) is 75.5 Å². The molecule has 1 aliphatic rings. The van der Waals surface area contributed by atoms with Gasteiger partial charge in [-0.05, 0) is 37.0 Å². The quantitative estimate of drug-likeness (QED) is 0.850. The third-order valence-corrected chi connectivity index (χ3v) is 4.90. The van der Waals surface area contributed by atoms with Crippen molar-refractivity contribution in [2.75, 3.05) is 13.7 Å². The van der Waals surface area contributed by atoms with Gasteiger partial charge in [-0.1, -0.05) is 12.1 Å². The van der Waals surface area contributed by atoms with Gasteiger partial charge in [-0.15, -0.1) is 0 Å². The van der Waals surface area contributed by atoms with Crippen molar-refractivity contribution in [3.8, 4) is 0 Å². The number of aryl methyl sites for hydroxylation is 1. The molecule has 2 aromatic rings. The number of ether oxygens (including phenoxy) is 1. The molecule has 1 saturated heterocycles. The Balaban J connectivity index is 1.95. The molecule has 0 spiro atoms. The fraction of sp³-hybridized carbons (Fsp3) is 0.444. The Hall–Kier alpha value is -2.71. The molecule has 1 aromatic carbocycles. The van der Waals surface area contributed by atoms with Crippen LogP contribution in [-0.4, -0.2) is 29.8 Å². The number of halogens is 3. The number of alkyl halides is 3. The van der Waals surface area contributed by atoms with Crippen molar-refractivity contribution in [2.24, 2.45) is 0 Å². The van der Waals surface area contributed by atoms with Crippen LogP contribution in [0.4, 0.5) is 18.0 Å². The molecule has 146 valence electrons. The second kappa shape index (κ2) is 7.13. The molecule has 6 nitrogen and oxygen atoms in total. The van der Waals surface area contributed by atoms with Gasteiger partial charge in [0, 0.05) is 18.5 Å². The monoisotopic (exact) mass is 384 g/mol. The van der Waals surface area contributed by atoms with Gasteiger partial charge in [-0.2, -0.15) is 18.3 Å². The van der Waals surface area contributed by atoms with Crippen molar-refractivity contribution in [2.45, 2.75) is 37.9 Å². The summed E-state index contributed by atoms with van der Waals surface area (Å²) in [6.07, 6.45) is -4.03. The molecular formula is C18H19F3N2O4. The lowest BCUT2D eigenvalue weighted by molar-refractivity contribution is -0.138. The average Bonchev–Trinajstić information content (AvgIpc) is 3.05. The Bertz CT molecular complexity index is 887. The van der Waals surface area contributed by atoms with Crippen molar-refractivity contribution < 1.29 is 27.2 Å². The lowest BCUT2D eigenvalue weighted by atomic mass is 9.85. The number of benzene rings is 1. The van der Waals surface area contributed by atoms with Gasteiger partial charge < -0.3 is 14.2 Å². The van der Waals surface area contributed by atoms with E-state index in [0.717, 1.165) is 6.07 Å². The smallest absolute Gasteiger partial charge is 0.416 e. The van der Waals surface area contributed by atoms with E-state index in [1.807, 2.05) is 0 Å². The molecule has 0 unspecified atom stereocenters. The van der Waals surface area contributed by atoms with E-state index < -0.39 is 23.9 Å². The average molecular weight is 384 g/mol. The van der Waals surface area contributed by atoms with Gasteiger partial charge in [0.2, 0.25) is 0 Å². The molecule has 1 amide bonds. The number of methoxy groups -OCH3 is 1. The maximum Gasteiger partial charge on any atom is 0.416 e. The van der Waals surface area contributed by atoms with Crippen molar-refractivity contribution in [3.63, 3.8) is 0 Å². The van der Waals surface area contributed by atoms with Crippen molar-refractivity contribution >= 4 is 6.09 Å². The minimum absolute atomic E-state index is 0.0834. The second-order valence-electron chi connectivity index (χ2n) is 6.59. The summed E-state index contributed by atoms with van der Waals surface area (Å²) >= 11 is 0. The number of likely N-dealkylation sites (tertiary alicyclic amines) is 1. The zero-order chi connectivity index (χ0) is 19.8. The summed E-state index contributed by atoms with van der Waals surface area (Å²) in [5, 5.41) is 2.24. The number of rotatable bonds is 2. The van der Waals surface area contributed by atoms with E-state index in [1.165, 1.54) is 37.1 Å². The number of hydrogen-bond donors (Lipinski definition) is 1. The number of aromatic nitrogens is 1. The number of H-pyrrole nitrogens is 1. The Morgan fingerprint density at radius 1 is 1.33 bits per heavy atom. The minimum atomic E-state index is -4.44. The molecule has 3 rings (SSSR count). The van der Waals surface area contributed by atoms with Crippen LogP contribution in [0.25, 0.3) is 0 Å². The lowest BCUT2D eigenvalue weighted by Crippen LogP contribution is -2.40. The number of nitrogens with one attached hydrogen (secondary N) is 1. The Morgan fingerprint density at radius 2 is 2.07 bits per heavy atom. The highest BCUT2D eigenvalue weighted by atomic mass is 19.4. The molecule has 0 radical (unpaired) electrons. The van der Waals surface area contributed by atoms with Gasteiger partial charge in [-0.25, -0.2) is 4.79 Å². The lowest BCUT2D eigenvalue weighted by Gasteiger charge is -2.38. The molecule has 1 N–H and O–H groups in total. The van der Waals surface area contributed by atoms with Gasteiger partial charge in [0.05, 0.1) is 18.7 Å². The number of amides is 1. The van der Waals surface area contributed by atoms with Crippen LogP contribution in [0, 0.1) is 6.92 Å². The van der Waals surface area contributed by atoms with E-state index in [9.17, 15) is 22.8 Å². The van der Waals surface area contributed by atoms with Crippen LogP contribution < -0.4 is 5.56 Å². The van der Waals surface area contributed by atoms with E-state index in [4.69, 9.17) is 9.26 Å². The SMILES string of the molecule is COC(=O)N1CC[C@@H](c2cc(=O)[nH]o2)C[C@@H]1c1ccc(C(F)(F)F)c(C)c1. The van der Waals surface area contributed by atoms with Gasteiger partial charge in [0.25, 0.3) is 5.56 Å². The summed E-state index contributed by atoms with van der Waals surface area (Å²) in [6, 6.07) is 4.72. The molecule has 1 fully saturated rings. The summed E-state index contributed by atoms with van der Waals surface area (Å²) < 4.78 is 49.1. The minimum Gasteiger partial charge on any atom is -0.453 e. The van der Waals surface area contributed by atoms with E-state index >= 15 is 0 Å². The first kappa shape index (κ1) is 19.1. The molecule has 2 atom stereocenters. The number of nitrogens with zero attached hydrogens (tertiary/aromatic N) is 1. The first-order valence-electron chi connectivity index (χ1n) is 8.41. The largest absolute Gasteiger partial charge is 0.453 e. The molecule has 1 aromatic heterocycles. The van der Waals surface area contributed by atoms with Gasteiger partial charge in [-0.3, -0.25) is 4.79 Å². The summed E-state index contributed by atoms with van der Waals surface area (Å²) in [5.41, 5.74) is -0.407. The maximum atomic E-state index is 13.0. The summed E-state index contributed by atoms with van der Waals surface area (Å²) in [5.74, 6) is 0.329. The third-order valence-electron chi connectivity index (χ3n) is 4.90. The Kier molecular flexibility index (Phi) is 5.03. The molecule has 0 aliphatic carbocycles. The normalized spacial score (nSPS) is 20.6. The predicted molar refractivity (Wildman–Crippen MR) is 89.3 cm³/mol. The second-order valence-corrected chi connectivity index (χ2v) is 6.59. The zero-order valence-electron chi connectivity index (χ0n) is 14.8. The molecule has 0 saturated carbocycles. The summed E-state index contributed by atoms with van der Waals surface area (Å²) in [4.78, 5) is 25.0. The molecule has 27 heavy (non-hydrogen) atoms. The summed E-state index contributed by atoms with van der Waals surface area (Å²) in [7, 11) is 1.26. The fourth-order valence-corrected chi connectivity index (χ4v) is 3.59. The fourth-order valence-electron chi connectivity index (χ4n) is 3.59. The van der Waals surface area contributed by atoms with Crippen LogP contribution in [-0.2, 0) is 10.9 Å². The van der Waals surface area contributed by atoms with Crippen molar-refractivity contribution in [3.05, 3.63) is 57.1 Å². The maximum absolute atomic E-state index is 13.0. The number of aromatic amines is 1. The standard InChI is InChI=1S/C18H19F3N2O4/c1-10-7-11(3-4-13(10)18(19,20)21)14-8-12(15-9-16(24)22-27-15)5-6-23(14)17(25)26-2/h3-4,7,9,12,14H,5-6,8H2,1-2H3,(H,22,24)/t12-,14-/m1/s1. The number of carbonyl (C=O) groups is 1. The molecule has 2 heterocycles. The zero-order valence-corrected chi connectivity index (χ0v) is 14.8. The van der Waals surface area contributed by atoms with Crippen LogP contribution in [0.1, 0.15) is 47.3 Å². The first-order valence-corrected chi connectivity index (χ1v) is 8.41. The van der Waals surface area contributed by atoms with Crippen LogP contribution >= 0.6 is 0 Å². The van der Waals surface area contributed by atoms with Gasteiger partial charge in [0.15, 0.2) is 0 Å². The highest BCUT2D eigenvalue weighted by molar-refractivity contribution is 5.68. The first-order chi connectivity index (χ1) is 12.7. The molecular weight excluding hydrogens is 365 g/mol. The third kappa shape index (κ3) is 3.86.